The lowest BCUT2D eigenvalue weighted by molar-refractivity contribution is 0.0833. The van der Waals surface area contributed by atoms with E-state index < -0.39 is 11.8 Å². The molecular weight excluding hydrogens is 355 g/mol. The van der Waals surface area contributed by atoms with Crippen molar-refractivity contribution < 1.29 is 18.4 Å². The lowest BCUT2D eigenvalue weighted by atomic mass is 10.1. The summed E-state index contributed by atoms with van der Waals surface area (Å²) in [4.78, 5) is 24.9. The Labute approximate surface area is 151 Å². The second-order valence-corrected chi connectivity index (χ2v) is 6.84. The summed E-state index contributed by atoms with van der Waals surface area (Å²) in [6.45, 7) is 1.78. The number of hydrogen-bond donors (Lipinski definition) is 2. The minimum absolute atomic E-state index is 0.143. The highest BCUT2D eigenvalue weighted by Gasteiger charge is 2.18. The smallest absolute Gasteiger partial charge is 0.305 e. The van der Waals surface area contributed by atoms with Crippen molar-refractivity contribution >= 4 is 44.2 Å². The summed E-state index contributed by atoms with van der Waals surface area (Å²) in [6, 6.07) is 13.2. The lowest BCUT2D eigenvalue weighted by Gasteiger charge is -2.04. The number of amides is 2. The third-order valence-corrected chi connectivity index (χ3v) is 5.16. The van der Waals surface area contributed by atoms with Gasteiger partial charge in [-0.1, -0.05) is 18.2 Å². The van der Waals surface area contributed by atoms with Crippen molar-refractivity contribution in [1.82, 2.24) is 10.9 Å². The second kappa shape index (κ2) is 6.27. The van der Waals surface area contributed by atoms with E-state index in [2.05, 4.69) is 10.9 Å². The summed E-state index contributed by atoms with van der Waals surface area (Å²) in [7, 11) is 0. The summed E-state index contributed by atoms with van der Waals surface area (Å²) in [5, 5.41) is 1.48. The summed E-state index contributed by atoms with van der Waals surface area (Å²) in [5.41, 5.74) is 6.02. The lowest BCUT2D eigenvalue weighted by Crippen LogP contribution is -2.41. The van der Waals surface area contributed by atoms with Crippen molar-refractivity contribution in [3.8, 4) is 0 Å². The van der Waals surface area contributed by atoms with E-state index in [-0.39, 0.29) is 11.6 Å². The van der Waals surface area contributed by atoms with Gasteiger partial charge in [0.2, 0.25) is 0 Å². The summed E-state index contributed by atoms with van der Waals surface area (Å²) in [5.74, 6) is -1.24. The maximum absolute atomic E-state index is 13.3. The van der Waals surface area contributed by atoms with Crippen molar-refractivity contribution in [2.24, 2.45) is 0 Å². The van der Waals surface area contributed by atoms with Crippen LogP contribution >= 0.6 is 11.3 Å². The van der Waals surface area contributed by atoms with Crippen LogP contribution < -0.4 is 10.9 Å². The van der Waals surface area contributed by atoms with Crippen molar-refractivity contribution in [3.05, 3.63) is 70.5 Å². The molecule has 0 saturated heterocycles. The van der Waals surface area contributed by atoms with Crippen LogP contribution in [0.15, 0.2) is 52.9 Å². The number of nitrogens with one attached hydrogen (secondary N) is 2. The second-order valence-electron chi connectivity index (χ2n) is 5.75. The summed E-state index contributed by atoms with van der Waals surface area (Å²) >= 11 is 1.22. The van der Waals surface area contributed by atoms with Crippen LogP contribution in [-0.4, -0.2) is 11.8 Å². The number of para-hydroxylation sites is 1. The molecule has 26 heavy (non-hydrogen) atoms. The maximum atomic E-state index is 13.3. The molecule has 0 radical (unpaired) electrons. The fourth-order valence-corrected chi connectivity index (χ4v) is 3.69. The molecule has 0 unspecified atom stereocenters. The molecule has 0 bridgehead atoms. The van der Waals surface area contributed by atoms with Gasteiger partial charge in [-0.2, -0.15) is 0 Å². The molecule has 5 nitrogen and oxygen atoms in total. The van der Waals surface area contributed by atoms with E-state index in [4.69, 9.17) is 4.42 Å². The van der Waals surface area contributed by atoms with Crippen LogP contribution in [0.25, 0.3) is 21.1 Å². The molecule has 0 aliphatic heterocycles. The Morgan fingerprint density at radius 2 is 1.81 bits per heavy atom. The topological polar surface area (TPSA) is 71.3 Å². The molecule has 0 fully saturated rings. The van der Waals surface area contributed by atoms with Crippen molar-refractivity contribution in [3.63, 3.8) is 0 Å². The summed E-state index contributed by atoms with van der Waals surface area (Å²) in [6.07, 6.45) is 0. The van der Waals surface area contributed by atoms with Gasteiger partial charge in [0, 0.05) is 15.6 Å². The van der Waals surface area contributed by atoms with E-state index in [0.29, 0.717) is 21.4 Å². The van der Waals surface area contributed by atoms with Crippen LogP contribution in [0, 0.1) is 12.7 Å². The van der Waals surface area contributed by atoms with Crippen LogP contribution in [0.1, 0.15) is 25.8 Å². The standard InChI is InChI=1S/C19H13FN2O3S/c1-10-13-4-2-3-5-14(13)25-17(10)19(24)22-21-18(23)16-9-11-8-12(20)6-7-15(11)26-16/h2-9H,1H3,(H,21,23)(H,22,24). The number of fused-ring (bicyclic) bond motifs is 2. The Morgan fingerprint density at radius 3 is 2.62 bits per heavy atom. The number of halogens is 1. The molecule has 0 aliphatic carbocycles. The first-order valence-electron chi connectivity index (χ1n) is 7.81. The van der Waals surface area contributed by atoms with Gasteiger partial charge in [-0.3, -0.25) is 20.4 Å². The quantitative estimate of drug-likeness (QED) is 0.522. The summed E-state index contributed by atoms with van der Waals surface area (Å²) < 4.78 is 19.6. The Morgan fingerprint density at radius 1 is 1.04 bits per heavy atom. The van der Waals surface area contributed by atoms with E-state index in [1.54, 1.807) is 25.1 Å². The first kappa shape index (κ1) is 16.3. The first-order valence-corrected chi connectivity index (χ1v) is 8.62. The normalized spacial score (nSPS) is 11.0. The molecule has 0 spiro atoms. The molecule has 2 heterocycles. The largest absolute Gasteiger partial charge is 0.451 e. The number of thiophene rings is 1. The molecule has 2 aromatic heterocycles. The Kier molecular flexibility index (Phi) is 3.93. The number of carbonyl (C=O) groups excluding carboxylic acids is 2. The highest BCUT2D eigenvalue weighted by atomic mass is 32.1. The van der Waals surface area contributed by atoms with Crippen LogP contribution in [0.4, 0.5) is 4.39 Å². The predicted octanol–water partition coefficient (Wildman–Crippen LogP) is 4.17. The van der Waals surface area contributed by atoms with Crippen LogP contribution in [-0.2, 0) is 0 Å². The number of aryl methyl sites for hydroxylation is 1. The van der Waals surface area contributed by atoms with Gasteiger partial charge >= 0.3 is 5.91 Å². The Hall–Kier alpha value is -3.19. The highest BCUT2D eigenvalue weighted by Crippen LogP contribution is 2.26. The SMILES string of the molecule is Cc1c(C(=O)NNC(=O)c2cc3cc(F)ccc3s2)oc2ccccc12. The van der Waals surface area contributed by atoms with E-state index in [0.717, 1.165) is 10.1 Å². The number of carbonyl (C=O) groups is 2. The van der Waals surface area contributed by atoms with Gasteiger partial charge in [0.15, 0.2) is 5.76 Å². The Balaban J connectivity index is 1.50. The molecule has 7 heteroatoms. The first-order chi connectivity index (χ1) is 12.5. The van der Waals surface area contributed by atoms with Gasteiger partial charge in [0.05, 0.1) is 4.88 Å². The molecular formula is C19H13FN2O3S. The molecule has 2 amide bonds. The number of furan rings is 1. The molecule has 0 aliphatic rings. The molecule has 2 aromatic carbocycles. The molecule has 0 atom stereocenters. The van der Waals surface area contributed by atoms with Crippen molar-refractivity contribution in [1.29, 1.82) is 0 Å². The molecule has 130 valence electrons. The average Bonchev–Trinajstić information content (AvgIpc) is 3.21. The van der Waals surface area contributed by atoms with Gasteiger partial charge < -0.3 is 4.42 Å². The van der Waals surface area contributed by atoms with E-state index in [1.165, 1.54) is 23.5 Å². The number of benzene rings is 2. The zero-order valence-electron chi connectivity index (χ0n) is 13.6. The maximum Gasteiger partial charge on any atom is 0.305 e. The minimum atomic E-state index is -0.542. The number of hydrazine groups is 1. The van der Waals surface area contributed by atoms with Gasteiger partial charge in [0.1, 0.15) is 11.4 Å². The Bertz CT molecular complexity index is 1160. The molecule has 2 N–H and O–H groups in total. The van der Waals surface area contributed by atoms with Gasteiger partial charge in [0.25, 0.3) is 5.91 Å². The molecule has 0 saturated carbocycles. The van der Waals surface area contributed by atoms with Gasteiger partial charge in [-0.25, -0.2) is 4.39 Å². The number of rotatable bonds is 2. The zero-order chi connectivity index (χ0) is 18.3. The monoisotopic (exact) mass is 368 g/mol. The minimum Gasteiger partial charge on any atom is -0.451 e. The van der Waals surface area contributed by atoms with E-state index >= 15 is 0 Å². The average molecular weight is 368 g/mol. The fourth-order valence-electron chi connectivity index (χ4n) is 2.75. The third kappa shape index (κ3) is 2.82. The molecule has 4 rings (SSSR count). The highest BCUT2D eigenvalue weighted by molar-refractivity contribution is 7.20. The van der Waals surface area contributed by atoms with Gasteiger partial charge in [-0.05, 0) is 42.6 Å². The third-order valence-electron chi connectivity index (χ3n) is 4.04. The zero-order valence-corrected chi connectivity index (χ0v) is 14.4. The van der Waals surface area contributed by atoms with Gasteiger partial charge in [-0.15, -0.1) is 11.3 Å². The fraction of sp³-hybridized carbons (Fsp3) is 0.0526. The predicted molar refractivity (Wildman–Crippen MR) is 97.7 cm³/mol. The van der Waals surface area contributed by atoms with Crippen LogP contribution in [0.3, 0.4) is 0 Å². The van der Waals surface area contributed by atoms with Crippen LogP contribution in [0.2, 0.25) is 0 Å². The van der Waals surface area contributed by atoms with E-state index in [1.807, 2.05) is 18.2 Å². The molecule has 4 aromatic rings. The van der Waals surface area contributed by atoms with Crippen molar-refractivity contribution in [2.45, 2.75) is 6.92 Å². The van der Waals surface area contributed by atoms with Crippen molar-refractivity contribution in [2.75, 3.05) is 0 Å². The van der Waals surface area contributed by atoms with Crippen LogP contribution in [0.5, 0.6) is 0 Å². The number of hydrogen-bond acceptors (Lipinski definition) is 4. The van der Waals surface area contributed by atoms with E-state index in [9.17, 15) is 14.0 Å².